The standard InChI is InChI=1S/C21H28N4O3/c1-24(2)10-8-22-17-5-7-23-18(13-17)21(26)25-9-6-15-11-19(27-3)20(28-4)12-16(15)14-25/h5,7,11-13H,6,8-10,14H2,1-4H3,(H,22,23). The molecule has 1 aromatic carbocycles. The Balaban J connectivity index is 1.72. The number of hydrogen-bond acceptors (Lipinski definition) is 6. The van der Waals surface area contributed by atoms with Gasteiger partial charge in [0, 0.05) is 38.1 Å². The molecule has 7 heteroatoms. The second kappa shape index (κ2) is 8.93. The molecule has 1 N–H and O–H groups in total. The number of nitrogens with one attached hydrogen (secondary N) is 1. The van der Waals surface area contributed by atoms with Gasteiger partial charge in [0.2, 0.25) is 0 Å². The molecule has 150 valence electrons. The number of rotatable bonds is 7. The van der Waals surface area contributed by atoms with Crippen LogP contribution in [0.4, 0.5) is 5.69 Å². The Bertz CT molecular complexity index is 838. The van der Waals surface area contributed by atoms with Crippen LogP contribution in [0.15, 0.2) is 30.5 Å². The summed E-state index contributed by atoms with van der Waals surface area (Å²) in [6.07, 6.45) is 2.46. The molecule has 0 atom stereocenters. The predicted octanol–water partition coefficient (Wildman–Crippen LogP) is 2.27. The molecule has 0 saturated carbocycles. The number of amides is 1. The zero-order valence-electron chi connectivity index (χ0n) is 17.0. The molecule has 1 amide bonds. The molecule has 0 fully saturated rings. The molecule has 1 aliphatic rings. The molecule has 7 nitrogen and oxygen atoms in total. The van der Waals surface area contributed by atoms with Gasteiger partial charge in [0.15, 0.2) is 11.5 Å². The lowest BCUT2D eigenvalue weighted by molar-refractivity contribution is 0.0728. The molecule has 2 aromatic rings. The second-order valence-corrected chi connectivity index (χ2v) is 7.11. The van der Waals surface area contributed by atoms with Crippen LogP contribution in [0, 0.1) is 0 Å². The lowest BCUT2D eigenvalue weighted by Crippen LogP contribution is -2.36. The summed E-state index contributed by atoms with van der Waals surface area (Å²) in [7, 11) is 7.31. The van der Waals surface area contributed by atoms with E-state index in [0.29, 0.717) is 24.5 Å². The fraction of sp³-hybridized carbons (Fsp3) is 0.429. The average Bonchev–Trinajstić information content (AvgIpc) is 2.71. The predicted molar refractivity (Wildman–Crippen MR) is 109 cm³/mol. The van der Waals surface area contributed by atoms with Crippen molar-refractivity contribution in [1.29, 1.82) is 0 Å². The SMILES string of the molecule is COc1cc2c(cc1OC)CN(C(=O)c1cc(NCCN(C)C)ccn1)CC2. The molecule has 1 aromatic heterocycles. The third kappa shape index (κ3) is 4.54. The van der Waals surface area contributed by atoms with Crippen molar-refractivity contribution in [3.63, 3.8) is 0 Å². The van der Waals surface area contributed by atoms with E-state index in [-0.39, 0.29) is 5.91 Å². The van der Waals surface area contributed by atoms with Crippen molar-refractivity contribution in [2.24, 2.45) is 0 Å². The van der Waals surface area contributed by atoms with Gasteiger partial charge < -0.3 is 24.6 Å². The highest BCUT2D eigenvalue weighted by atomic mass is 16.5. The average molecular weight is 384 g/mol. The number of carbonyl (C=O) groups excluding carboxylic acids is 1. The quantitative estimate of drug-likeness (QED) is 0.790. The lowest BCUT2D eigenvalue weighted by atomic mass is 9.98. The largest absolute Gasteiger partial charge is 0.493 e. The highest BCUT2D eigenvalue weighted by Crippen LogP contribution is 2.33. The van der Waals surface area contributed by atoms with E-state index < -0.39 is 0 Å². The Morgan fingerprint density at radius 1 is 1.18 bits per heavy atom. The fourth-order valence-corrected chi connectivity index (χ4v) is 3.30. The Morgan fingerprint density at radius 2 is 1.89 bits per heavy atom. The van der Waals surface area contributed by atoms with Crippen LogP contribution < -0.4 is 14.8 Å². The summed E-state index contributed by atoms with van der Waals surface area (Å²) in [5, 5.41) is 3.33. The number of likely N-dealkylation sites (N-methyl/N-ethyl adjacent to an activating group) is 1. The fourth-order valence-electron chi connectivity index (χ4n) is 3.30. The van der Waals surface area contributed by atoms with Crippen LogP contribution in [0.25, 0.3) is 0 Å². The number of hydrogen-bond donors (Lipinski definition) is 1. The van der Waals surface area contributed by atoms with Gasteiger partial charge in [0.05, 0.1) is 14.2 Å². The van der Waals surface area contributed by atoms with Gasteiger partial charge in [-0.1, -0.05) is 0 Å². The van der Waals surface area contributed by atoms with E-state index in [1.807, 2.05) is 43.3 Å². The topological polar surface area (TPSA) is 66.9 Å². The number of fused-ring (bicyclic) bond motifs is 1. The van der Waals surface area contributed by atoms with Gasteiger partial charge in [-0.25, -0.2) is 0 Å². The zero-order chi connectivity index (χ0) is 20.1. The van der Waals surface area contributed by atoms with Crippen molar-refractivity contribution in [3.05, 3.63) is 47.3 Å². The van der Waals surface area contributed by atoms with Crippen molar-refractivity contribution in [3.8, 4) is 11.5 Å². The number of benzene rings is 1. The van der Waals surface area contributed by atoms with E-state index in [9.17, 15) is 4.79 Å². The van der Waals surface area contributed by atoms with E-state index in [2.05, 4.69) is 15.2 Å². The van der Waals surface area contributed by atoms with Crippen molar-refractivity contribution < 1.29 is 14.3 Å². The molecule has 0 aliphatic carbocycles. The molecule has 28 heavy (non-hydrogen) atoms. The van der Waals surface area contributed by atoms with Crippen LogP contribution in [0.3, 0.4) is 0 Å². The first-order valence-electron chi connectivity index (χ1n) is 9.39. The van der Waals surface area contributed by atoms with E-state index >= 15 is 0 Å². The summed E-state index contributed by atoms with van der Waals surface area (Å²) < 4.78 is 10.8. The normalized spacial score (nSPS) is 13.2. The van der Waals surface area contributed by atoms with Gasteiger partial charge in [-0.05, 0) is 55.9 Å². The number of ether oxygens (including phenoxy) is 2. The van der Waals surface area contributed by atoms with Crippen molar-refractivity contribution in [2.75, 3.05) is 53.3 Å². The van der Waals surface area contributed by atoms with Crippen LogP contribution in [0.1, 0.15) is 21.6 Å². The van der Waals surface area contributed by atoms with Gasteiger partial charge in [-0.2, -0.15) is 0 Å². The van der Waals surface area contributed by atoms with Gasteiger partial charge in [-0.15, -0.1) is 0 Å². The number of anilines is 1. The first kappa shape index (κ1) is 19.9. The highest BCUT2D eigenvalue weighted by molar-refractivity contribution is 5.93. The summed E-state index contributed by atoms with van der Waals surface area (Å²) in [4.78, 5) is 21.2. The van der Waals surface area contributed by atoms with E-state index in [1.165, 1.54) is 5.56 Å². The molecule has 0 unspecified atom stereocenters. The van der Waals surface area contributed by atoms with Crippen LogP contribution in [0.2, 0.25) is 0 Å². The molecule has 0 radical (unpaired) electrons. The summed E-state index contributed by atoms with van der Waals surface area (Å²) in [5.41, 5.74) is 3.63. The Hall–Kier alpha value is -2.80. The molecule has 0 saturated heterocycles. The first-order valence-corrected chi connectivity index (χ1v) is 9.39. The minimum absolute atomic E-state index is 0.0586. The van der Waals surface area contributed by atoms with Crippen LogP contribution >= 0.6 is 0 Å². The van der Waals surface area contributed by atoms with Crippen molar-refractivity contribution >= 4 is 11.6 Å². The van der Waals surface area contributed by atoms with Crippen LogP contribution in [-0.2, 0) is 13.0 Å². The number of pyridine rings is 1. The Kier molecular flexibility index (Phi) is 6.36. The summed E-state index contributed by atoms with van der Waals surface area (Å²) >= 11 is 0. The van der Waals surface area contributed by atoms with E-state index in [0.717, 1.165) is 36.5 Å². The maximum absolute atomic E-state index is 13.0. The van der Waals surface area contributed by atoms with Crippen LogP contribution in [-0.4, -0.2) is 68.6 Å². The summed E-state index contributed by atoms with van der Waals surface area (Å²) in [6, 6.07) is 7.67. The lowest BCUT2D eigenvalue weighted by Gasteiger charge is -2.29. The maximum Gasteiger partial charge on any atom is 0.272 e. The molecule has 0 spiro atoms. The van der Waals surface area contributed by atoms with Crippen LogP contribution in [0.5, 0.6) is 11.5 Å². The molecular weight excluding hydrogens is 356 g/mol. The van der Waals surface area contributed by atoms with E-state index in [1.54, 1.807) is 20.4 Å². The number of aromatic nitrogens is 1. The molecular formula is C21H28N4O3. The molecule has 3 rings (SSSR count). The highest BCUT2D eigenvalue weighted by Gasteiger charge is 2.24. The maximum atomic E-state index is 13.0. The van der Waals surface area contributed by atoms with Crippen molar-refractivity contribution in [2.45, 2.75) is 13.0 Å². The summed E-state index contributed by atoms with van der Waals surface area (Å²) in [6.45, 7) is 2.92. The van der Waals surface area contributed by atoms with Crippen molar-refractivity contribution in [1.82, 2.24) is 14.8 Å². The minimum Gasteiger partial charge on any atom is -0.493 e. The van der Waals surface area contributed by atoms with Gasteiger partial charge in [-0.3, -0.25) is 9.78 Å². The van der Waals surface area contributed by atoms with Gasteiger partial charge in [0.25, 0.3) is 5.91 Å². The molecule has 2 heterocycles. The Labute approximate surface area is 166 Å². The minimum atomic E-state index is -0.0586. The van der Waals surface area contributed by atoms with E-state index in [4.69, 9.17) is 9.47 Å². The smallest absolute Gasteiger partial charge is 0.272 e. The first-order chi connectivity index (χ1) is 13.5. The Morgan fingerprint density at radius 3 is 2.57 bits per heavy atom. The van der Waals surface area contributed by atoms with Gasteiger partial charge >= 0.3 is 0 Å². The molecule has 0 bridgehead atoms. The number of nitrogens with zero attached hydrogens (tertiary/aromatic N) is 3. The second-order valence-electron chi connectivity index (χ2n) is 7.11. The zero-order valence-corrected chi connectivity index (χ0v) is 17.0. The molecule has 1 aliphatic heterocycles. The monoisotopic (exact) mass is 384 g/mol. The van der Waals surface area contributed by atoms with Gasteiger partial charge in [0.1, 0.15) is 5.69 Å². The summed E-state index contributed by atoms with van der Waals surface area (Å²) in [5.74, 6) is 1.34. The third-order valence-electron chi connectivity index (χ3n) is 4.87. The third-order valence-corrected chi connectivity index (χ3v) is 4.87. The number of methoxy groups -OCH3 is 2. The number of carbonyl (C=O) groups is 1.